The van der Waals surface area contributed by atoms with Gasteiger partial charge in [0.05, 0.1) is 0 Å². The fourth-order valence-electron chi connectivity index (χ4n) is 9.67. The van der Waals surface area contributed by atoms with E-state index in [0.717, 1.165) is 47.6 Å². The van der Waals surface area contributed by atoms with Crippen molar-refractivity contribution in [2.24, 2.45) is 52.3 Å². The van der Waals surface area contributed by atoms with Crippen LogP contribution in [-0.2, 0) is 12.6 Å². The topological polar surface area (TPSA) is 12.9 Å². The number of aromatic nitrogens is 1. The number of fused-ring (bicyclic) bond motifs is 5. The largest absolute Gasteiger partial charge is 0.433 e. The Morgan fingerprint density at radius 1 is 0.970 bits per heavy atom. The molecular weight excluding hydrogens is 419 g/mol. The minimum Gasteiger partial charge on any atom is -0.252 e. The Hall–Kier alpha value is -1.06. The highest BCUT2D eigenvalue weighted by Gasteiger charge is 2.60. The van der Waals surface area contributed by atoms with Crippen molar-refractivity contribution in [3.63, 3.8) is 0 Å². The van der Waals surface area contributed by atoms with E-state index in [1.165, 1.54) is 64.0 Å². The smallest absolute Gasteiger partial charge is 0.252 e. The van der Waals surface area contributed by atoms with Crippen LogP contribution >= 0.6 is 0 Å². The maximum Gasteiger partial charge on any atom is 0.433 e. The molecule has 184 valence electrons. The number of pyridine rings is 1. The van der Waals surface area contributed by atoms with E-state index in [1.807, 2.05) is 0 Å². The number of rotatable bonds is 3. The van der Waals surface area contributed by atoms with E-state index in [4.69, 9.17) is 0 Å². The maximum absolute atomic E-state index is 12.9. The van der Waals surface area contributed by atoms with Crippen LogP contribution in [0.25, 0.3) is 0 Å². The molecule has 4 saturated carbocycles. The standard InChI is InChI=1S/C29H42F3N/c1-18-11-13-27(3)21(15-18)6-7-22-24-9-8-23(28(24,4)14-12-25(22)27)19(2)16-20-5-10-26(33-17-20)29(30,31)32/h5,10,17-19,21-25H,6-9,11-16H2,1-4H3/t18-,19+,21+,22-,23?,24?,25?,27-,28+/m0/s1. The Kier molecular flexibility index (Phi) is 5.93. The first-order valence-corrected chi connectivity index (χ1v) is 13.5. The summed E-state index contributed by atoms with van der Waals surface area (Å²) in [6.45, 7) is 10.0. The van der Waals surface area contributed by atoms with Gasteiger partial charge in [0.25, 0.3) is 0 Å². The maximum atomic E-state index is 12.9. The van der Waals surface area contributed by atoms with E-state index in [0.29, 0.717) is 22.7 Å². The highest BCUT2D eigenvalue weighted by molar-refractivity contribution is 5.17. The Morgan fingerprint density at radius 2 is 1.70 bits per heavy atom. The summed E-state index contributed by atoms with van der Waals surface area (Å²) >= 11 is 0. The molecule has 0 bridgehead atoms. The van der Waals surface area contributed by atoms with Crippen molar-refractivity contribution < 1.29 is 13.2 Å². The van der Waals surface area contributed by atoms with Crippen molar-refractivity contribution in [3.8, 4) is 0 Å². The van der Waals surface area contributed by atoms with E-state index in [9.17, 15) is 13.2 Å². The molecule has 4 fully saturated rings. The lowest BCUT2D eigenvalue weighted by Gasteiger charge is -2.61. The quantitative estimate of drug-likeness (QED) is 0.439. The average Bonchev–Trinajstić information content (AvgIpc) is 3.11. The van der Waals surface area contributed by atoms with Crippen molar-refractivity contribution in [1.82, 2.24) is 4.98 Å². The van der Waals surface area contributed by atoms with Gasteiger partial charge in [0.1, 0.15) is 5.69 Å². The summed E-state index contributed by atoms with van der Waals surface area (Å²) in [6, 6.07) is 2.79. The molecule has 0 radical (unpaired) electrons. The van der Waals surface area contributed by atoms with Gasteiger partial charge < -0.3 is 0 Å². The van der Waals surface area contributed by atoms with Gasteiger partial charge >= 0.3 is 6.18 Å². The van der Waals surface area contributed by atoms with E-state index >= 15 is 0 Å². The van der Waals surface area contributed by atoms with Crippen LogP contribution in [0, 0.1) is 52.3 Å². The number of nitrogens with zero attached hydrogens (tertiary/aromatic N) is 1. The van der Waals surface area contributed by atoms with Crippen LogP contribution in [0.15, 0.2) is 18.3 Å². The number of hydrogen-bond acceptors (Lipinski definition) is 1. The molecule has 0 spiro atoms. The lowest BCUT2D eigenvalue weighted by Crippen LogP contribution is -2.53. The molecule has 0 N–H and O–H groups in total. The van der Waals surface area contributed by atoms with Crippen LogP contribution in [0.4, 0.5) is 13.2 Å². The minimum absolute atomic E-state index is 0.394. The van der Waals surface area contributed by atoms with E-state index in [1.54, 1.807) is 6.07 Å². The summed E-state index contributed by atoms with van der Waals surface area (Å²) in [5, 5.41) is 0. The first-order valence-electron chi connectivity index (χ1n) is 13.5. The average molecular weight is 462 g/mol. The van der Waals surface area contributed by atoms with Crippen molar-refractivity contribution in [1.29, 1.82) is 0 Å². The van der Waals surface area contributed by atoms with Crippen LogP contribution in [-0.4, -0.2) is 4.98 Å². The fourth-order valence-corrected chi connectivity index (χ4v) is 9.67. The Bertz CT molecular complexity index is 847. The number of hydrogen-bond donors (Lipinski definition) is 0. The Morgan fingerprint density at radius 3 is 2.39 bits per heavy atom. The predicted octanol–water partition coefficient (Wildman–Crippen LogP) is 8.57. The third kappa shape index (κ3) is 3.96. The van der Waals surface area contributed by atoms with Gasteiger partial charge in [-0.1, -0.05) is 40.2 Å². The lowest BCUT2D eigenvalue weighted by molar-refractivity contribution is -0.141. The molecule has 5 rings (SSSR count). The zero-order valence-electron chi connectivity index (χ0n) is 20.9. The van der Waals surface area contributed by atoms with Crippen LogP contribution in [0.1, 0.15) is 96.7 Å². The van der Waals surface area contributed by atoms with Gasteiger partial charge in [0, 0.05) is 6.20 Å². The molecular formula is C29H42F3N. The van der Waals surface area contributed by atoms with E-state index < -0.39 is 11.9 Å². The Labute approximate surface area is 198 Å². The monoisotopic (exact) mass is 461 g/mol. The SMILES string of the molecule is C[C@H]1CC[C@]2(C)C3CC[C@@]4(C)C(CCC4[C@H](C)Cc4ccc(C(F)(F)F)nc4)[C@@H]3CC[C@@H]2C1. The molecule has 33 heavy (non-hydrogen) atoms. The van der Waals surface area contributed by atoms with Crippen LogP contribution in [0.2, 0.25) is 0 Å². The van der Waals surface area contributed by atoms with Gasteiger partial charge in [-0.15, -0.1) is 0 Å². The van der Waals surface area contributed by atoms with Gasteiger partial charge in [0.2, 0.25) is 0 Å². The second-order valence-electron chi connectivity index (χ2n) is 13.0. The van der Waals surface area contributed by atoms with Crippen molar-refractivity contribution in [2.45, 2.75) is 98.1 Å². The fraction of sp³-hybridized carbons (Fsp3) is 0.828. The molecule has 1 aromatic heterocycles. The first kappa shape index (κ1) is 23.7. The third-order valence-corrected chi connectivity index (χ3v) is 11.4. The lowest BCUT2D eigenvalue weighted by atomic mass is 9.44. The van der Waals surface area contributed by atoms with Crippen LogP contribution in [0.3, 0.4) is 0 Å². The summed E-state index contributed by atoms with van der Waals surface area (Å²) < 4.78 is 38.7. The molecule has 0 aliphatic heterocycles. The first-order chi connectivity index (χ1) is 15.5. The zero-order chi connectivity index (χ0) is 23.6. The summed E-state index contributed by atoms with van der Waals surface area (Å²) in [5.41, 5.74) is 1.11. The Balaban J connectivity index is 1.30. The zero-order valence-corrected chi connectivity index (χ0v) is 20.9. The molecule has 4 heteroatoms. The van der Waals surface area contributed by atoms with Crippen molar-refractivity contribution >= 4 is 0 Å². The highest BCUT2D eigenvalue weighted by atomic mass is 19.4. The molecule has 1 heterocycles. The summed E-state index contributed by atoms with van der Waals surface area (Å²) in [6.07, 6.45) is 10.5. The van der Waals surface area contributed by atoms with Gasteiger partial charge in [-0.25, -0.2) is 0 Å². The van der Waals surface area contributed by atoms with Gasteiger partial charge in [-0.2, -0.15) is 13.2 Å². The minimum atomic E-state index is -4.36. The van der Waals surface area contributed by atoms with Gasteiger partial charge in [0.15, 0.2) is 0 Å². The third-order valence-electron chi connectivity index (χ3n) is 11.4. The van der Waals surface area contributed by atoms with Crippen LogP contribution in [0.5, 0.6) is 0 Å². The summed E-state index contributed by atoms with van der Waals surface area (Å²) in [5.74, 6) is 5.64. The molecule has 4 aliphatic rings. The molecule has 1 aromatic rings. The van der Waals surface area contributed by atoms with Crippen molar-refractivity contribution in [3.05, 3.63) is 29.6 Å². The molecule has 0 saturated heterocycles. The molecule has 0 aromatic carbocycles. The second kappa shape index (κ2) is 8.26. The number of halogens is 3. The molecule has 3 unspecified atom stereocenters. The normalized spacial score (nSPS) is 44.0. The predicted molar refractivity (Wildman–Crippen MR) is 126 cm³/mol. The van der Waals surface area contributed by atoms with E-state index in [-0.39, 0.29) is 0 Å². The van der Waals surface area contributed by atoms with Crippen molar-refractivity contribution in [2.75, 3.05) is 0 Å². The van der Waals surface area contributed by atoms with Gasteiger partial charge in [-0.3, -0.25) is 4.98 Å². The summed E-state index contributed by atoms with van der Waals surface area (Å²) in [4.78, 5) is 3.71. The molecule has 4 aliphatic carbocycles. The van der Waals surface area contributed by atoms with Crippen LogP contribution < -0.4 is 0 Å². The molecule has 9 atom stereocenters. The molecule has 1 nitrogen and oxygen atoms in total. The van der Waals surface area contributed by atoms with E-state index in [2.05, 4.69) is 32.7 Å². The molecule has 0 amide bonds. The summed E-state index contributed by atoms with van der Waals surface area (Å²) in [7, 11) is 0. The highest BCUT2D eigenvalue weighted by Crippen LogP contribution is 2.68. The second-order valence-corrected chi connectivity index (χ2v) is 13.0. The number of alkyl halides is 3. The van der Waals surface area contributed by atoms with Gasteiger partial charge in [-0.05, 0) is 122 Å².